The van der Waals surface area contributed by atoms with Gasteiger partial charge in [-0.2, -0.15) is 0 Å². The van der Waals surface area contributed by atoms with Gasteiger partial charge in [0.15, 0.2) is 0 Å². The first-order chi connectivity index (χ1) is 9.74. The summed E-state index contributed by atoms with van der Waals surface area (Å²) in [5, 5.41) is 2.72. The molecule has 1 N–H and O–H groups in total. The van der Waals surface area contributed by atoms with Crippen LogP contribution in [0, 0.1) is 37.5 Å². The van der Waals surface area contributed by atoms with Gasteiger partial charge in [0.05, 0.1) is 0 Å². The SMILES string of the molecule is C#C.C#C.C1CCOC1.CNC(=O)[C@H]1CCC[C@@H](C)C1. The van der Waals surface area contributed by atoms with Gasteiger partial charge in [0.25, 0.3) is 0 Å². The third-order valence-corrected chi connectivity index (χ3v) is 3.38. The third kappa shape index (κ3) is 10.5. The lowest BCUT2D eigenvalue weighted by Gasteiger charge is -2.24. The van der Waals surface area contributed by atoms with Crippen LogP contribution in [0.15, 0.2) is 0 Å². The van der Waals surface area contributed by atoms with Crippen molar-refractivity contribution in [2.24, 2.45) is 11.8 Å². The summed E-state index contributed by atoms with van der Waals surface area (Å²) in [5.74, 6) is 1.27. The van der Waals surface area contributed by atoms with Crippen molar-refractivity contribution in [1.29, 1.82) is 0 Å². The molecule has 1 aliphatic carbocycles. The molecule has 3 heteroatoms. The molecule has 2 rings (SSSR count). The summed E-state index contributed by atoms with van der Waals surface area (Å²) >= 11 is 0. The van der Waals surface area contributed by atoms with Crippen molar-refractivity contribution in [2.45, 2.75) is 45.4 Å². The predicted octanol–water partition coefficient (Wildman–Crippen LogP) is 2.85. The quantitative estimate of drug-likeness (QED) is 0.750. The van der Waals surface area contributed by atoms with E-state index in [1.54, 1.807) is 7.05 Å². The van der Waals surface area contributed by atoms with E-state index in [0.717, 1.165) is 32.0 Å². The summed E-state index contributed by atoms with van der Waals surface area (Å²) in [6.45, 7) is 4.23. The number of hydrogen-bond donors (Lipinski definition) is 1. The molecular weight excluding hydrogens is 250 g/mol. The summed E-state index contributed by atoms with van der Waals surface area (Å²) in [6, 6.07) is 0. The molecule has 2 atom stereocenters. The maximum Gasteiger partial charge on any atom is 0.222 e. The molecule has 0 spiro atoms. The van der Waals surface area contributed by atoms with Crippen molar-refractivity contribution >= 4 is 5.91 Å². The lowest BCUT2D eigenvalue weighted by Crippen LogP contribution is -2.30. The number of hydrogen-bond acceptors (Lipinski definition) is 2. The van der Waals surface area contributed by atoms with Crippen molar-refractivity contribution in [3.05, 3.63) is 0 Å². The summed E-state index contributed by atoms with van der Waals surface area (Å²) in [4.78, 5) is 11.2. The molecule has 1 amide bonds. The Labute approximate surface area is 124 Å². The highest BCUT2D eigenvalue weighted by Crippen LogP contribution is 2.28. The zero-order valence-electron chi connectivity index (χ0n) is 12.9. The van der Waals surface area contributed by atoms with E-state index in [0.29, 0.717) is 5.92 Å². The zero-order valence-corrected chi connectivity index (χ0v) is 12.9. The predicted molar refractivity (Wildman–Crippen MR) is 85.0 cm³/mol. The van der Waals surface area contributed by atoms with Gasteiger partial charge in [0.1, 0.15) is 0 Å². The van der Waals surface area contributed by atoms with Gasteiger partial charge in [0.2, 0.25) is 5.91 Å². The minimum Gasteiger partial charge on any atom is -0.381 e. The van der Waals surface area contributed by atoms with Gasteiger partial charge in [-0.25, -0.2) is 0 Å². The number of rotatable bonds is 1. The first kappa shape index (κ1) is 20.9. The van der Waals surface area contributed by atoms with Crippen LogP contribution in [0.1, 0.15) is 45.4 Å². The van der Waals surface area contributed by atoms with Crippen LogP contribution in [0.3, 0.4) is 0 Å². The monoisotopic (exact) mass is 279 g/mol. The van der Waals surface area contributed by atoms with E-state index in [1.165, 1.54) is 25.7 Å². The molecule has 0 aromatic rings. The van der Waals surface area contributed by atoms with Gasteiger partial charge in [-0.3, -0.25) is 4.79 Å². The smallest absolute Gasteiger partial charge is 0.222 e. The van der Waals surface area contributed by atoms with Crippen LogP contribution >= 0.6 is 0 Å². The van der Waals surface area contributed by atoms with Gasteiger partial charge in [-0.05, 0) is 31.6 Å². The van der Waals surface area contributed by atoms with Crippen molar-refractivity contribution in [2.75, 3.05) is 20.3 Å². The number of terminal acetylenes is 2. The van der Waals surface area contributed by atoms with Crippen LogP contribution in [0.25, 0.3) is 0 Å². The molecular formula is C17H29NO2. The minimum atomic E-state index is 0.233. The maximum absolute atomic E-state index is 11.2. The van der Waals surface area contributed by atoms with E-state index in [4.69, 9.17) is 4.74 Å². The Bertz CT molecular complexity index is 253. The Hall–Kier alpha value is -1.45. The Morgan fingerprint density at radius 3 is 1.95 bits per heavy atom. The zero-order chi connectivity index (χ0) is 15.8. The highest BCUT2D eigenvalue weighted by molar-refractivity contribution is 5.78. The molecule has 0 bridgehead atoms. The molecule has 0 aromatic carbocycles. The average molecular weight is 279 g/mol. The standard InChI is InChI=1S/C9H17NO.C4H8O.2C2H2/c1-7-4-3-5-8(6-7)9(11)10-2;1-2-4-5-3-1;2*1-2/h7-8H,3-6H2,1-2H3,(H,10,11);1-4H2;2*1-2H/t7-,8+;;;/m1.../s1. The Morgan fingerprint density at radius 2 is 1.60 bits per heavy atom. The number of carbonyl (C=O) groups is 1. The lowest BCUT2D eigenvalue weighted by molar-refractivity contribution is -0.125. The van der Waals surface area contributed by atoms with Crippen molar-refractivity contribution in [1.82, 2.24) is 5.32 Å². The molecule has 0 unspecified atom stereocenters. The topological polar surface area (TPSA) is 38.3 Å². The van der Waals surface area contributed by atoms with E-state index >= 15 is 0 Å². The highest BCUT2D eigenvalue weighted by atomic mass is 16.5. The normalized spacial score (nSPS) is 23.5. The van der Waals surface area contributed by atoms with E-state index in [-0.39, 0.29) is 5.91 Å². The van der Waals surface area contributed by atoms with Crippen LogP contribution in [0.4, 0.5) is 0 Å². The molecule has 114 valence electrons. The Balaban J connectivity index is 0. The molecule has 0 aromatic heterocycles. The average Bonchev–Trinajstić information content (AvgIpc) is 3.10. The molecule has 2 aliphatic rings. The fourth-order valence-electron chi connectivity index (χ4n) is 2.39. The summed E-state index contributed by atoms with van der Waals surface area (Å²) < 4.78 is 4.94. The molecule has 1 heterocycles. The molecule has 1 saturated heterocycles. The number of carbonyl (C=O) groups excluding carboxylic acids is 1. The second kappa shape index (κ2) is 15.6. The molecule has 1 saturated carbocycles. The van der Waals surface area contributed by atoms with Crippen molar-refractivity contribution in [3.8, 4) is 25.7 Å². The largest absolute Gasteiger partial charge is 0.381 e. The molecule has 3 nitrogen and oxygen atoms in total. The summed E-state index contributed by atoms with van der Waals surface area (Å²) in [5.41, 5.74) is 0. The second-order valence-corrected chi connectivity index (χ2v) is 4.90. The highest BCUT2D eigenvalue weighted by Gasteiger charge is 2.23. The first-order valence-electron chi connectivity index (χ1n) is 7.20. The third-order valence-electron chi connectivity index (χ3n) is 3.38. The fraction of sp³-hybridized carbons (Fsp3) is 0.706. The van der Waals surface area contributed by atoms with Gasteiger partial charge >= 0.3 is 0 Å². The van der Waals surface area contributed by atoms with Gasteiger partial charge in [0, 0.05) is 26.2 Å². The van der Waals surface area contributed by atoms with Gasteiger partial charge < -0.3 is 10.1 Å². The number of nitrogens with one attached hydrogen (secondary N) is 1. The molecule has 20 heavy (non-hydrogen) atoms. The minimum absolute atomic E-state index is 0.233. The fourth-order valence-corrected chi connectivity index (χ4v) is 2.39. The van der Waals surface area contributed by atoms with Gasteiger partial charge in [-0.1, -0.05) is 19.8 Å². The number of amides is 1. The number of ether oxygens (including phenoxy) is 1. The van der Waals surface area contributed by atoms with Crippen LogP contribution < -0.4 is 5.32 Å². The molecule has 0 radical (unpaired) electrons. The van der Waals surface area contributed by atoms with E-state index < -0.39 is 0 Å². The van der Waals surface area contributed by atoms with Crippen molar-refractivity contribution in [3.63, 3.8) is 0 Å². The second-order valence-electron chi connectivity index (χ2n) is 4.90. The lowest BCUT2D eigenvalue weighted by atomic mass is 9.82. The first-order valence-corrected chi connectivity index (χ1v) is 7.20. The summed E-state index contributed by atoms with van der Waals surface area (Å²) in [7, 11) is 1.72. The van der Waals surface area contributed by atoms with Gasteiger partial charge in [-0.15, -0.1) is 25.7 Å². The molecule has 2 fully saturated rings. The van der Waals surface area contributed by atoms with Crippen LogP contribution in [-0.2, 0) is 9.53 Å². The van der Waals surface area contributed by atoms with E-state index in [9.17, 15) is 4.79 Å². The summed E-state index contributed by atoms with van der Waals surface area (Å²) in [6.07, 6.45) is 23.2. The van der Waals surface area contributed by atoms with Crippen LogP contribution in [0.2, 0.25) is 0 Å². The van der Waals surface area contributed by atoms with E-state index in [1.807, 2.05) is 0 Å². The van der Waals surface area contributed by atoms with E-state index in [2.05, 4.69) is 37.9 Å². The Kier molecular flexibility index (Phi) is 16.3. The maximum atomic E-state index is 11.2. The van der Waals surface area contributed by atoms with Crippen LogP contribution in [0.5, 0.6) is 0 Å². The Morgan fingerprint density at radius 1 is 1.05 bits per heavy atom. The molecule has 1 aliphatic heterocycles. The van der Waals surface area contributed by atoms with Crippen molar-refractivity contribution < 1.29 is 9.53 Å². The van der Waals surface area contributed by atoms with Crippen LogP contribution in [-0.4, -0.2) is 26.2 Å².